The summed E-state index contributed by atoms with van der Waals surface area (Å²) >= 11 is 0. The van der Waals surface area contributed by atoms with Crippen LogP contribution < -0.4 is 5.32 Å². The van der Waals surface area contributed by atoms with Crippen LogP contribution in [0.5, 0.6) is 0 Å². The van der Waals surface area contributed by atoms with Gasteiger partial charge in [0.05, 0.1) is 11.2 Å². The van der Waals surface area contributed by atoms with Crippen LogP contribution in [0, 0.1) is 0 Å². The molecule has 0 atom stereocenters. The summed E-state index contributed by atoms with van der Waals surface area (Å²) in [5.74, 6) is 0. The van der Waals surface area contributed by atoms with Gasteiger partial charge in [0.15, 0.2) is 0 Å². The second-order valence-electron chi connectivity index (χ2n) is 8.91. The van der Waals surface area contributed by atoms with Gasteiger partial charge in [-0.05, 0) is 65.0 Å². The monoisotopic (exact) mass is 400 g/mol. The number of hydrogen-bond donors (Lipinski definition) is 1. The van der Waals surface area contributed by atoms with Crippen molar-refractivity contribution in [3.8, 4) is 0 Å². The molecule has 1 heterocycles. The summed E-state index contributed by atoms with van der Waals surface area (Å²) < 4.78 is 17.6. The highest BCUT2D eigenvalue weighted by Gasteiger charge is 2.52. The summed E-state index contributed by atoms with van der Waals surface area (Å²) in [7, 11) is -0.672. The fourth-order valence-electron chi connectivity index (χ4n) is 2.63. The minimum Gasteiger partial charge on any atom is -0.444 e. The van der Waals surface area contributed by atoms with Gasteiger partial charge >= 0.3 is 13.2 Å². The minimum atomic E-state index is -0.672. The molecule has 156 valence electrons. The normalized spacial score (nSPS) is 18.2. The van der Waals surface area contributed by atoms with Crippen molar-refractivity contribution in [3.63, 3.8) is 0 Å². The first-order valence-corrected chi connectivity index (χ1v) is 9.52. The molecule has 0 aromatic heterocycles. The van der Waals surface area contributed by atoms with Gasteiger partial charge < -0.3 is 19.4 Å². The number of ether oxygens (including phenoxy) is 1. The zero-order valence-electron chi connectivity index (χ0n) is 18.1. The van der Waals surface area contributed by atoms with E-state index in [4.69, 9.17) is 19.6 Å². The van der Waals surface area contributed by atoms with Crippen LogP contribution in [-0.4, -0.2) is 36.6 Å². The van der Waals surface area contributed by atoms with Gasteiger partial charge in [-0.3, -0.25) is 0 Å². The Bertz CT molecular complexity index is 823. The molecule has 1 aromatic carbocycles. The first kappa shape index (κ1) is 22.8. The number of carbonyl (C=O) groups excluding carboxylic acids is 1. The maximum absolute atomic E-state index is 12.1. The fourth-order valence-corrected chi connectivity index (χ4v) is 2.63. The van der Waals surface area contributed by atoms with Crippen LogP contribution in [0.25, 0.3) is 16.5 Å². The highest BCUT2D eigenvalue weighted by atomic mass is 16.7. The molecular weight excluding hydrogens is 371 g/mol. The standard InChI is InChI=1S/C20H29BN4O4/c1-18(2,3)27-17(26)23-13-15(21-28-19(4,5)20(6,7)29-21)12-14-10-8-9-11-16(14)24-25-22/h8-12H,13H2,1-7H3,(H,23,26). The van der Waals surface area contributed by atoms with Gasteiger partial charge in [0.2, 0.25) is 0 Å². The molecule has 1 saturated heterocycles. The molecule has 1 aliphatic heterocycles. The van der Waals surface area contributed by atoms with Gasteiger partial charge in [-0.25, -0.2) is 4.79 Å². The van der Waals surface area contributed by atoms with Crippen molar-refractivity contribution in [3.05, 3.63) is 45.7 Å². The van der Waals surface area contributed by atoms with E-state index < -0.39 is 30.0 Å². The number of benzene rings is 1. The Morgan fingerprint density at radius 2 is 1.83 bits per heavy atom. The van der Waals surface area contributed by atoms with Crippen LogP contribution in [0.2, 0.25) is 0 Å². The topological polar surface area (TPSA) is 106 Å². The molecule has 0 aliphatic carbocycles. The Balaban J connectivity index is 2.34. The van der Waals surface area contributed by atoms with Crippen molar-refractivity contribution in [2.75, 3.05) is 6.54 Å². The number of alkyl carbamates (subject to hydrolysis) is 1. The predicted octanol–water partition coefficient (Wildman–Crippen LogP) is 5.17. The van der Waals surface area contributed by atoms with Crippen LogP contribution in [0.15, 0.2) is 34.9 Å². The number of rotatable bonds is 5. The van der Waals surface area contributed by atoms with E-state index in [2.05, 4.69) is 15.3 Å². The van der Waals surface area contributed by atoms with Crippen molar-refractivity contribution in [1.82, 2.24) is 5.32 Å². The minimum absolute atomic E-state index is 0.149. The van der Waals surface area contributed by atoms with E-state index in [-0.39, 0.29) is 6.54 Å². The Kier molecular flexibility index (Phi) is 6.68. The Morgan fingerprint density at radius 3 is 2.38 bits per heavy atom. The third-order valence-electron chi connectivity index (χ3n) is 4.82. The van der Waals surface area contributed by atoms with Crippen LogP contribution in [-0.2, 0) is 14.0 Å². The van der Waals surface area contributed by atoms with Crippen LogP contribution >= 0.6 is 0 Å². The highest BCUT2D eigenvalue weighted by Crippen LogP contribution is 2.39. The number of amides is 1. The summed E-state index contributed by atoms with van der Waals surface area (Å²) in [6.07, 6.45) is 1.27. The first-order valence-electron chi connectivity index (χ1n) is 9.52. The third-order valence-corrected chi connectivity index (χ3v) is 4.82. The van der Waals surface area contributed by atoms with E-state index in [0.717, 1.165) is 0 Å². The maximum Gasteiger partial charge on any atom is 0.492 e. The zero-order chi connectivity index (χ0) is 21.9. The Labute approximate surface area is 172 Å². The van der Waals surface area contributed by atoms with Crippen LogP contribution in [0.4, 0.5) is 10.5 Å². The van der Waals surface area contributed by atoms with Gasteiger partial charge in [-0.15, -0.1) is 0 Å². The molecule has 1 aromatic rings. The molecule has 9 heteroatoms. The number of carbonyl (C=O) groups is 1. The molecule has 1 aliphatic rings. The molecule has 29 heavy (non-hydrogen) atoms. The second kappa shape index (κ2) is 8.49. The molecular formula is C20H29BN4O4. The highest BCUT2D eigenvalue weighted by molar-refractivity contribution is 6.56. The quantitative estimate of drug-likeness (QED) is 0.319. The summed E-state index contributed by atoms with van der Waals surface area (Å²) in [6, 6.07) is 7.16. The number of nitrogens with zero attached hydrogens (tertiary/aromatic N) is 3. The molecule has 0 unspecified atom stereocenters. The molecule has 1 N–H and O–H groups in total. The van der Waals surface area contributed by atoms with Crippen LogP contribution in [0.1, 0.15) is 54.0 Å². The lowest BCUT2D eigenvalue weighted by molar-refractivity contribution is 0.00578. The van der Waals surface area contributed by atoms with E-state index in [1.807, 2.05) is 45.9 Å². The Morgan fingerprint density at radius 1 is 1.24 bits per heavy atom. The summed E-state index contributed by atoms with van der Waals surface area (Å²) in [5, 5.41) is 6.48. The molecule has 2 rings (SSSR count). The predicted molar refractivity (Wildman–Crippen MR) is 114 cm³/mol. The Hall–Kier alpha value is -2.48. The van der Waals surface area contributed by atoms with Gasteiger partial charge in [-0.1, -0.05) is 35.5 Å². The van der Waals surface area contributed by atoms with E-state index in [9.17, 15) is 4.79 Å². The molecule has 0 saturated carbocycles. The van der Waals surface area contributed by atoms with Gasteiger partial charge in [0, 0.05) is 17.1 Å². The summed E-state index contributed by atoms with van der Waals surface area (Å²) in [5.41, 5.74) is 9.00. The molecule has 0 bridgehead atoms. The molecule has 8 nitrogen and oxygen atoms in total. The van der Waals surface area contributed by atoms with Gasteiger partial charge in [0.25, 0.3) is 0 Å². The number of azide groups is 1. The van der Waals surface area contributed by atoms with Crippen molar-refractivity contribution >= 4 is 25.0 Å². The smallest absolute Gasteiger partial charge is 0.444 e. The van der Waals surface area contributed by atoms with Crippen molar-refractivity contribution in [2.24, 2.45) is 5.11 Å². The molecule has 1 amide bonds. The van der Waals surface area contributed by atoms with Gasteiger partial charge in [0.1, 0.15) is 5.60 Å². The summed E-state index contributed by atoms with van der Waals surface area (Å²) in [6.45, 7) is 13.4. The van der Waals surface area contributed by atoms with Crippen LogP contribution in [0.3, 0.4) is 0 Å². The SMILES string of the molecule is CC(C)(C)OC(=O)NCC(=Cc1ccccc1N=[N+]=[N-])B1OC(C)(C)C(C)(C)O1. The molecule has 0 spiro atoms. The average molecular weight is 400 g/mol. The van der Waals surface area contributed by atoms with E-state index in [1.165, 1.54) is 0 Å². The lowest BCUT2D eigenvalue weighted by atomic mass is 9.77. The largest absolute Gasteiger partial charge is 0.492 e. The second-order valence-corrected chi connectivity index (χ2v) is 8.91. The lowest BCUT2D eigenvalue weighted by Crippen LogP contribution is -2.41. The van der Waals surface area contributed by atoms with E-state index >= 15 is 0 Å². The van der Waals surface area contributed by atoms with Crippen molar-refractivity contribution in [2.45, 2.75) is 65.3 Å². The maximum atomic E-state index is 12.1. The van der Waals surface area contributed by atoms with Crippen molar-refractivity contribution in [1.29, 1.82) is 0 Å². The number of nitrogens with one attached hydrogen (secondary N) is 1. The summed E-state index contributed by atoms with van der Waals surface area (Å²) in [4.78, 5) is 15.0. The fraction of sp³-hybridized carbons (Fsp3) is 0.550. The lowest BCUT2D eigenvalue weighted by Gasteiger charge is -2.32. The third kappa shape index (κ3) is 6.00. The van der Waals surface area contributed by atoms with E-state index in [1.54, 1.807) is 32.9 Å². The molecule has 0 radical (unpaired) electrons. The number of hydrogen-bond acceptors (Lipinski definition) is 5. The zero-order valence-corrected chi connectivity index (χ0v) is 18.1. The van der Waals surface area contributed by atoms with Gasteiger partial charge in [-0.2, -0.15) is 0 Å². The molecule has 1 fully saturated rings. The van der Waals surface area contributed by atoms with E-state index in [0.29, 0.717) is 16.7 Å². The first-order chi connectivity index (χ1) is 13.3. The average Bonchev–Trinajstić information content (AvgIpc) is 2.79. The van der Waals surface area contributed by atoms with Crippen molar-refractivity contribution < 1.29 is 18.8 Å².